The van der Waals surface area contributed by atoms with Crippen LogP contribution in [0.3, 0.4) is 0 Å². The molecule has 1 aromatic heterocycles. The lowest BCUT2D eigenvalue weighted by atomic mass is 9.82. The van der Waals surface area contributed by atoms with Gasteiger partial charge in [-0.15, -0.1) is 11.3 Å². The van der Waals surface area contributed by atoms with E-state index in [0.29, 0.717) is 19.4 Å². The third-order valence-corrected chi connectivity index (χ3v) is 6.73. The van der Waals surface area contributed by atoms with Gasteiger partial charge in [-0.3, -0.25) is 19.4 Å². The Bertz CT molecular complexity index is 768. The monoisotopic (exact) mass is 417 g/mol. The summed E-state index contributed by atoms with van der Waals surface area (Å²) in [7, 11) is 0. The molecule has 0 bridgehead atoms. The van der Waals surface area contributed by atoms with Crippen molar-refractivity contribution in [3.8, 4) is 0 Å². The lowest BCUT2D eigenvalue weighted by Crippen LogP contribution is -2.46. The number of likely N-dealkylation sites (tertiary alicyclic amines) is 1. The third-order valence-electron chi connectivity index (χ3n) is 5.81. The van der Waals surface area contributed by atoms with E-state index in [9.17, 15) is 9.59 Å². The van der Waals surface area contributed by atoms with Crippen molar-refractivity contribution in [2.75, 3.05) is 26.2 Å². The predicted molar refractivity (Wildman–Crippen MR) is 119 cm³/mol. The molecule has 1 saturated heterocycles. The molecule has 2 amide bonds. The number of hydrogen-bond acceptors (Lipinski definition) is 5. The number of nitrogens with zero attached hydrogens (tertiary/aromatic N) is 3. The van der Waals surface area contributed by atoms with Crippen molar-refractivity contribution in [2.24, 2.45) is 5.41 Å². The first kappa shape index (κ1) is 22.2. The fraction of sp³-hybridized carbons (Fsp3) is 0.696. The molecule has 0 N–H and O–H groups in total. The molecule has 0 atom stereocenters. The standard InChI is InChI=1S/C23H35N3O2S/c1-22(2,3)18-16-29-21(24-18)17-8-12-25(13-9-17)10-6-7-11-26-19(27)14-23(4,5)15-20(26)28/h8,16H,6-7,9-15H2,1-5H3. The van der Waals surface area contributed by atoms with Crippen LogP contribution in [0.15, 0.2) is 11.5 Å². The largest absolute Gasteiger partial charge is 0.299 e. The summed E-state index contributed by atoms with van der Waals surface area (Å²) in [4.78, 5) is 33.2. The number of unbranched alkanes of at least 4 members (excludes halogenated alkanes) is 1. The highest BCUT2D eigenvalue weighted by molar-refractivity contribution is 7.10. The number of amides is 2. The van der Waals surface area contributed by atoms with E-state index in [2.05, 4.69) is 37.1 Å². The molecule has 3 heterocycles. The Hall–Kier alpha value is -1.53. The second kappa shape index (κ2) is 8.68. The molecule has 6 heteroatoms. The number of hydrogen-bond donors (Lipinski definition) is 0. The number of carbonyl (C=O) groups is 2. The Morgan fingerprint density at radius 1 is 1.10 bits per heavy atom. The number of thiazole rings is 1. The van der Waals surface area contributed by atoms with E-state index in [1.165, 1.54) is 21.2 Å². The van der Waals surface area contributed by atoms with Crippen LogP contribution < -0.4 is 0 Å². The molecular weight excluding hydrogens is 382 g/mol. The van der Waals surface area contributed by atoms with E-state index in [4.69, 9.17) is 4.98 Å². The maximum absolute atomic E-state index is 12.2. The van der Waals surface area contributed by atoms with Gasteiger partial charge in [0, 0.05) is 43.3 Å². The number of rotatable bonds is 6. The summed E-state index contributed by atoms with van der Waals surface area (Å²) in [5.41, 5.74) is 2.45. The van der Waals surface area contributed by atoms with Crippen molar-refractivity contribution in [2.45, 2.75) is 72.1 Å². The van der Waals surface area contributed by atoms with Gasteiger partial charge in [0.05, 0.1) is 5.69 Å². The highest BCUT2D eigenvalue weighted by atomic mass is 32.1. The first-order valence-corrected chi connectivity index (χ1v) is 11.6. The molecule has 5 nitrogen and oxygen atoms in total. The van der Waals surface area contributed by atoms with E-state index >= 15 is 0 Å². The fourth-order valence-electron chi connectivity index (χ4n) is 3.94. The zero-order chi connectivity index (χ0) is 21.2. The van der Waals surface area contributed by atoms with Gasteiger partial charge in [-0.1, -0.05) is 40.7 Å². The van der Waals surface area contributed by atoms with Crippen molar-refractivity contribution in [3.05, 3.63) is 22.2 Å². The molecule has 0 spiro atoms. The van der Waals surface area contributed by atoms with Gasteiger partial charge >= 0.3 is 0 Å². The minimum Gasteiger partial charge on any atom is -0.299 e. The lowest BCUT2D eigenvalue weighted by molar-refractivity contribution is -0.152. The Kier molecular flexibility index (Phi) is 6.64. The third kappa shape index (κ3) is 5.76. The van der Waals surface area contributed by atoms with Gasteiger partial charge in [0.2, 0.25) is 11.8 Å². The molecule has 1 aromatic rings. The van der Waals surface area contributed by atoms with Crippen molar-refractivity contribution < 1.29 is 9.59 Å². The van der Waals surface area contributed by atoms with E-state index in [1.54, 1.807) is 11.3 Å². The average molecular weight is 418 g/mol. The quantitative estimate of drug-likeness (QED) is 0.506. The SMILES string of the molecule is CC1(C)CC(=O)N(CCCCN2CC=C(c3nc(C(C)(C)C)cs3)CC2)C(=O)C1. The van der Waals surface area contributed by atoms with Crippen LogP contribution in [-0.4, -0.2) is 52.8 Å². The zero-order valence-corrected chi connectivity index (χ0v) is 19.4. The van der Waals surface area contributed by atoms with Gasteiger partial charge < -0.3 is 0 Å². The first-order valence-electron chi connectivity index (χ1n) is 10.8. The minimum atomic E-state index is -0.187. The van der Waals surface area contributed by atoms with E-state index in [1.807, 2.05) is 13.8 Å². The molecule has 2 aliphatic heterocycles. The van der Waals surface area contributed by atoms with E-state index < -0.39 is 0 Å². The van der Waals surface area contributed by atoms with Gasteiger partial charge in [0.1, 0.15) is 5.01 Å². The molecule has 0 unspecified atom stereocenters. The number of piperidine rings is 1. The number of imide groups is 1. The Morgan fingerprint density at radius 2 is 1.76 bits per heavy atom. The van der Waals surface area contributed by atoms with Gasteiger partial charge in [-0.2, -0.15) is 0 Å². The zero-order valence-electron chi connectivity index (χ0n) is 18.6. The van der Waals surface area contributed by atoms with Crippen molar-refractivity contribution in [3.63, 3.8) is 0 Å². The van der Waals surface area contributed by atoms with E-state index in [0.717, 1.165) is 38.9 Å². The highest BCUT2D eigenvalue weighted by Gasteiger charge is 2.36. The Balaban J connectivity index is 1.42. The summed E-state index contributed by atoms with van der Waals surface area (Å²) in [6.07, 6.45) is 6.20. The Labute approximate surface area is 179 Å². The van der Waals surface area contributed by atoms with Crippen LogP contribution in [0.2, 0.25) is 0 Å². The number of carbonyl (C=O) groups excluding carboxylic acids is 2. The van der Waals surface area contributed by atoms with Crippen LogP contribution in [0.5, 0.6) is 0 Å². The summed E-state index contributed by atoms with van der Waals surface area (Å²) in [6, 6.07) is 0. The molecule has 160 valence electrons. The molecule has 29 heavy (non-hydrogen) atoms. The molecule has 2 aliphatic rings. The highest BCUT2D eigenvalue weighted by Crippen LogP contribution is 2.32. The molecule has 1 fully saturated rings. The second-order valence-corrected chi connectivity index (χ2v) is 11.1. The summed E-state index contributed by atoms with van der Waals surface area (Å²) in [6.45, 7) is 14.2. The van der Waals surface area contributed by atoms with Crippen molar-refractivity contribution in [1.29, 1.82) is 0 Å². The van der Waals surface area contributed by atoms with Crippen LogP contribution in [0.4, 0.5) is 0 Å². The Morgan fingerprint density at radius 3 is 2.31 bits per heavy atom. The predicted octanol–water partition coefficient (Wildman–Crippen LogP) is 4.49. The van der Waals surface area contributed by atoms with Crippen LogP contribution in [-0.2, 0) is 15.0 Å². The van der Waals surface area contributed by atoms with Gasteiger partial charge in [-0.05, 0) is 36.8 Å². The molecule has 0 radical (unpaired) electrons. The number of aromatic nitrogens is 1. The van der Waals surface area contributed by atoms with E-state index in [-0.39, 0.29) is 22.6 Å². The van der Waals surface area contributed by atoms with Gasteiger partial charge in [-0.25, -0.2) is 4.98 Å². The maximum Gasteiger partial charge on any atom is 0.229 e. The summed E-state index contributed by atoms with van der Waals surface area (Å²) in [5.74, 6) is -0.00950. The molecule has 0 aliphatic carbocycles. The maximum atomic E-state index is 12.2. The second-order valence-electron chi connectivity index (χ2n) is 10.2. The molecule has 0 saturated carbocycles. The average Bonchev–Trinajstić information content (AvgIpc) is 3.10. The summed E-state index contributed by atoms with van der Waals surface area (Å²) < 4.78 is 0. The van der Waals surface area contributed by atoms with Gasteiger partial charge in [0.15, 0.2) is 0 Å². The van der Waals surface area contributed by atoms with Crippen molar-refractivity contribution in [1.82, 2.24) is 14.8 Å². The topological polar surface area (TPSA) is 53.5 Å². The minimum absolute atomic E-state index is 0.00475. The fourth-order valence-corrected chi connectivity index (χ4v) is 5.06. The summed E-state index contributed by atoms with van der Waals surface area (Å²) in [5, 5.41) is 3.35. The van der Waals surface area contributed by atoms with Gasteiger partial charge in [0.25, 0.3) is 0 Å². The van der Waals surface area contributed by atoms with Crippen molar-refractivity contribution >= 4 is 28.7 Å². The van der Waals surface area contributed by atoms with Crippen LogP contribution >= 0.6 is 11.3 Å². The van der Waals surface area contributed by atoms with Crippen LogP contribution in [0.25, 0.3) is 5.57 Å². The molecule has 3 rings (SSSR count). The van der Waals surface area contributed by atoms with Crippen LogP contribution in [0.1, 0.15) is 77.4 Å². The first-order chi connectivity index (χ1) is 13.5. The normalized spacial score (nSPS) is 20.9. The molecule has 0 aromatic carbocycles. The lowest BCUT2D eigenvalue weighted by Gasteiger charge is -2.34. The smallest absolute Gasteiger partial charge is 0.229 e. The molecular formula is C23H35N3O2S. The summed E-state index contributed by atoms with van der Waals surface area (Å²) >= 11 is 1.75. The van der Waals surface area contributed by atoms with Crippen LogP contribution in [0, 0.1) is 5.41 Å².